The number of benzene rings is 1. The quantitative estimate of drug-likeness (QED) is 0.722. The Morgan fingerprint density at radius 3 is 2.33 bits per heavy atom. The molecule has 0 saturated carbocycles. The number of aryl methyl sites for hydroxylation is 1. The molecule has 2 heterocycles. The summed E-state index contributed by atoms with van der Waals surface area (Å²) in [6.45, 7) is 11.2. The molecule has 0 radical (unpaired) electrons. The average Bonchev–Trinajstić information content (AvgIpc) is 2.75. The topological polar surface area (TPSA) is 99.7 Å². The summed E-state index contributed by atoms with van der Waals surface area (Å²) in [4.78, 5) is 36.8. The molecule has 1 atom stereocenters. The molecule has 1 aliphatic heterocycles. The van der Waals surface area contributed by atoms with Crippen molar-refractivity contribution in [2.24, 2.45) is 0 Å². The zero-order valence-corrected chi connectivity index (χ0v) is 19.7. The van der Waals surface area contributed by atoms with E-state index >= 15 is 0 Å². The number of aromatic nitrogens is 2. The number of nitrogens with zero attached hydrogens (tertiary/aromatic N) is 4. The highest BCUT2D eigenvalue weighted by Crippen LogP contribution is 2.18. The van der Waals surface area contributed by atoms with Crippen molar-refractivity contribution in [3.63, 3.8) is 0 Å². The Balaban J connectivity index is 1.49. The monoisotopic (exact) mass is 458 g/mol. The third-order valence-corrected chi connectivity index (χ3v) is 5.14. The van der Waals surface area contributed by atoms with Gasteiger partial charge in [0.15, 0.2) is 0 Å². The molecule has 1 aromatic carbocycles. The van der Waals surface area contributed by atoms with Gasteiger partial charge in [0.05, 0.1) is 24.1 Å². The number of hydrogen-bond donors (Lipinski definition) is 2. The smallest absolute Gasteiger partial charge is 0.410 e. The molecule has 0 aliphatic carbocycles. The van der Waals surface area contributed by atoms with Crippen molar-refractivity contribution in [1.29, 1.82) is 0 Å². The Bertz CT molecular complexity index is 985. The highest BCUT2D eigenvalue weighted by atomic mass is 19.1. The molecule has 3 rings (SSSR count). The van der Waals surface area contributed by atoms with Gasteiger partial charge < -0.3 is 25.2 Å². The maximum Gasteiger partial charge on any atom is 0.410 e. The molecule has 2 N–H and O–H groups in total. The Morgan fingerprint density at radius 1 is 1.12 bits per heavy atom. The molecule has 3 amide bonds. The second-order valence-corrected chi connectivity index (χ2v) is 9.05. The van der Waals surface area contributed by atoms with Crippen LogP contribution in [0.1, 0.15) is 44.9 Å². The molecule has 1 saturated heterocycles. The number of urea groups is 1. The normalized spacial score (nSPS) is 15.1. The van der Waals surface area contributed by atoms with Gasteiger partial charge in [-0.15, -0.1) is 0 Å². The number of amides is 3. The molecule has 9 nitrogen and oxygen atoms in total. The highest BCUT2D eigenvalue weighted by molar-refractivity contribution is 5.89. The maximum absolute atomic E-state index is 13.5. The van der Waals surface area contributed by atoms with Crippen molar-refractivity contribution in [2.75, 3.05) is 36.4 Å². The lowest BCUT2D eigenvalue weighted by Crippen LogP contribution is -2.50. The van der Waals surface area contributed by atoms with Crippen molar-refractivity contribution in [3.05, 3.63) is 47.5 Å². The first-order chi connectivity index (χ1) is 15.5. The Kier molecular flexibility index (Phi) is 7.35. The standard InChI is InChI=1S/C23H31FN6O3/c1-15-12-17(6-7-19(15)24)16(2)27-21(31)28-18-13-25-20(26-14-18)29-8-10-30(11-9-29)22(32)33-23(3,4)5/h6-7,12-14,16H,8-11H2,1-5H3,(H2,27,28,31)/t16-/m1/s1. The van der Waals surface area contributed by atoms with Gasteiger partial charge in [-0.05, 0) is 51.8 Å². The van der Waals surface area contributed by atoms with Crippen molar-refractivity contribution in [2.45, 2.75) is 46.3 Å². The van der Waals surface area contributed by atoms with Crippen molar-refractivity contribution in [3.8, 4) is 0 Å². The van der Waals surface area contributed by atoms with E-state index in [-0.39, 0.29) is 18.0 Å². The summed E-state index contributed by atoms with van der Waals surface area (Å²) in [6.07, 6.45) is 2.75. The van der Waals surface area contributed by atoms with Crippen LogP contribution in [0.5, 0.6) is 0 Å². The number of ether oxygens (including phenoxy) is 1. The van der Waals surface area contributed by atoms with Crippen LogP contribution in [0.2, 0.25) is 0 Å². The number of nitrogens with one attached hydrogen (secondary N) is 2. The van der Waals surface area contributed by atoms with E-state index in [1.165, 1.54) is 18.5 Å². The van der Waals surface area contributed by atoms with Gasteiger partial charge in [-0.3, -0.25) is 0 Å². The van der Waals surface area contributed by atoms with Crippen LogP contribution in [0, 0.1) is 12.7 Å². The summed E-state index contributed by atoms with van der Waals surface area (Å²) in [7, 11) is 0. The zero-order valence-electron chi connectivity index (χ0n) is 19.7. The van der Waals surface area contributed by atoms with Gasteiger partial charge in [0.25, 0.3) is 0 Å². The van der Waals surface area contributed by atoms with Gasteiger partial charge in [0, 0.05) is 26.2 Å². The van der Waals surface area contributed by atoms with E-state index in [4.69, 9.17) is 4.74 Å². The van der Waals surface area contributed by atoms with Crippen LogP contribution in [-0.4, -0.2) is 58.8 Å². The third kappa shape index (κ3) is 6.77. The van der Waals surface area contributed by atoms with E-state index in [0.29, 0.717) is 43.4 Å². The second-order valence-electron chi connectivity index (χ2n) is 9.05. The molecule has 10 heteroatoms. The number of piperazine rings is 1. The van der Waals surface area contributed by atoms with E-state index < -0.39 is 11.6 Å². The van der Waals surface area contributed by atoms with Crippen molar-refractivity contribution < 1.29 is 18.7 Å². The van der Waals surface area contributed by atoms with Gasteiger partial charge in [-0.25, -0.2) is 23.9 Å². The summed E-state index contributed by atoms with van der Waals surface area (Å²) in [5, 5.41) is 5.52. The first-order valence-electron chi connectivity index (χ1n) is 10.9. The second kappa shape index (κ2) is 10.0. The van der Waals surface area contributed by atoms with Gasteiger partial charge in [-0.2, -0.15) is 0 Å². The summed E-state index contributed by atoms with van der Waals surface area (Å²) < 4.78 is 18.9. The Labute approximate surface area is 193 Å². The number of carbonyl (C=O) groups is 2. The fourth-order valence-electron chi connectivity index (χ4n) is 3.35. The van der Waals surface area contributed by atoms with Crippen LogP contribution in [0.15, 0.2) is 30.6 Å². The lowest BCUT2D eigenvalue weighted by molar-refractivity contribution is 0.0240. The van der Waals surface area contributed by atoms with E-state index in [2.05, 4.69) is 20.6 Å². The molecular weight excluding hydrogens is 427 g/mol. The summed E-state index contributed by atoms with van der Waals surface area (Å²) in [6, 6.07) is 4.03. The minimum Gasteiger partial charge on any atom is -0.444 e. The maximum atomic E-state index is 13.5. The van der Waals surface area contributed by atoms with E-state index in [1.807, 2.05) is 32.6 Å². The molecule has 178 valence electrons. The summed E-state index contributed by atoms with van der Waals surface area (Å²) >= 11 is 0. The number of carbonyl (C=O) groups excluding carboxylic acids is 2. The minimum atomic E-state index is -0.526. The average molecular weight is 459 g/mol. The molecule has 0 bridgehead atoms. The van der Waals surface area contributed by atoms with Crippen LogP contribution in [-0.2, 0) is 4.74 Å². The number of hydrogen-bond acceptors (Lipinski definition) is 6. The van der Waals surface area contributed by atoms with Crippen LogP contribution in [0.3, 0.4) is 0 Å². The Morgan fingerprint density at radius 2 is 1.76 bits per heavy atom. The van der Waals surface area contributed by atoms with E-state index in [0.717, 1.165) is 5.56 Å². The fourth-order valence-corrected chi connectivity index (χ4v) is 3.35. The molecule has 1 fully saturated rings. The molecule has 1 aliphatic rings. The van der Waals surface area contributed by atoms with Gasteiger partial charge >= 0.3 is 12.1 Å². The van der Waals surface area contributed by atoms with E-state index in [1.54, 1.807) is 24.0 Å². The molecule has 0 unspecified atom stereocenters. The first kappa shape index (κ1) is 24.2. The van der Waals surface area contributed by atoms with Crippen molar-refractivity contribution in [1.82, 2.24) is 20.2 Å². The molecule has 33 heavy (non-hydrogen) atoms. The van der Waals surface area contributed by atoms with Gasteiger partial charge in [0.1, 0.15) is 11.4 Å². The predicted octanol–water partition coefficient (Wildman–Crippen LogP) is 3.86. The largest absolute Gasteiger partial charge is 0.444 e. The van der Waals surface area contributed by atoms with Crippen LogP contribution in [0.4, 0.5) is 25.6 Å². The summed E-state index contributed by atoms with van der Waals surface area (Å²) in [5.74, 6) is 0.249. The highest BCUT2D eigenvalue weighted by Gasteiger charge is 2.26. The van der Waals surface area contributed by atoms with Crippen LogP contribution < -0.4 is 15.5 Å². The number of anilines is 2. The summed E-state index contributed by atoms with van der Waals surface area (Å²) in [5.41, 5.74) is 1.26. The minimum absolute atomic E-state index is 0.279. The first-order valence-corrected chi connectivity index (χ1v) is 10.9. The van der Waals surface area contributed by atoms with Crippen molar-refractivity contribution >= 4 is 23.8 Å². The van der Waals surface area contributed by atoms with Crippen LogP contribution >= 0.6 is 0 Å². The molecular formula is C23H31FN6O3. The van der Waals surface area contributed by atoms with Gasteiger partial charge in [-0.1, -0.05) is 12.1 Å². The number of rotatable bonds is 4. The molecule has 2 aromatic rings. The van der Waals surface area contributed by atoms with Gasteiger partial charge in [0.2, 0.25) is 5.95 Å². The lowest BCUT2D eigenvalue weighted by atomic mass is 10.1. The molecule has 1 aromatic heterocycles. The number of halogens is 1. The third-order valence-electron chi connectivity index (χ3n) is 5.14. The predicted molar refractivity (Wildman–Crippen MR) is 124 cm³/mol. The van der Waals surface area contributed by atoms with Crippen LogP contribution in [0.25, 0.3) is 0 Å². The van der Waals surface area contributed by atoms with E-state index in [9.17, 15) is 14.0 Å². The fraction of sp³-hybridized carbons (Fsp3) is 0.478. The lowest BCUT2D eigenvalue weighted by Gasteiger charge is -2.35. The Hall–Kier alpha value is -3.43. The molecule has 0 spiro atoms. The SMILES string of the molecule is Cc1cc([C@@H](C)NC(=O)Nc2cnc(N3CCN(C(=O)OC(C)(C)C)CC3)nc2)ccc1F. The zero-order chi connectivity index (χ0) is 24.2.